The van der Waals surface area contributed by atoms with Gasteiger partial charge in [0.1, 0.15) is 5.58 Å². The Balaban J connectivity index is 1.33. The lowest BCUT2D eigenvalue weighted by Crippen LogP contribution is -2.49. The van der Waals surface area contributed by atoms with Crippen molar-refractivity contribution in [2.24, 2.45) is 0 Å². The fourth-order valence-corrected chi connectivity index (χ4v) is 3.70. The number of anilines is 1. The van der Waals surface area contributed by atoms with Crippen molar-refractivity contribution >= 4 is 40.1 Å². The lowest BCUT2D eigenvalue weighted by Gasteiger charge is -2.36. The summed E-state index contributed by atoms with van der Waals surface area (Å²) in [5, 5.41) is 1.32. The number of nitrogens with zero attached hydrogens (tertiary/aromatic N) is 2. The highest BCUT2D eigenvalue weighted by molar-refractivity contribution is 6.31. The van der Waals surface area contributed by atoms with Crippen LogP contribution in [0.4, 0.5) is 5.69 Å². The molecule has 0 aliphatic carbocycles. The predicted octanol–water partition coefficient (Wildman–Crippen LogP) is 3.90. The van der Waals surface area contributed by atoms with E-state index in [1.54, 1.807) is 30.0 Å². The molecule has 2 heterocycles. The van der Waals surface area contributed by atoms with Gasteiger partial charge in [0.05, 0.1) is 0 Å². The molecule has 0 unspecified atom stereocenters. The number of rotatable bonds is 4. The van der Waals surface area contributed by atoms with Crippen LogP contribution in [0.15, 0.2) is 52.9 Å². The van der Waals surface area contributed by atoms with Crippen molar-refractivity contribution in [2.45, 2.75) is 6.92 Å². The number of esters is 1. The minimum Gasteiger partial charge on any atom is -0.450 e. The van der Waals surface area contributed by atoms with E-state index in [2.05, 4.69) is 17.0 Å². The molecule has 0 spiro atoms. The zero-order valence-corrected chi connectivity index (χ0v) is 16.8. The van der Waals surface area contributed by atoms with Gasteiger partial charge in [-0.15, -0.1) is 0 Å². The summed E-state index contributed by atoms with van der Waals surface area (Å²) >= 11 is 6.01. The van der Waals surface area contributed by atoms with E-state index in [-0.39, 0.29) is 18.3 Å². The zero-order valence-electron chi connectivity index (χ0n) is 16.1. The van der Waals surface area contributed by atoms with Gasteiger partial charge in [0.15, 0.2) is 6.61 Å². The maximum absolute atomic E-state index is 12.5. The molecule has 0 N–H and O–H groups in total. The van der Waals surface area contributed by atoms with Crippen LogP contribution in [0.1, 0.15) is 16.1 Å². The summed E-state index contributed by atoms with van der Waals surface area (Å²) in [6, 6.07) is 15.2. The first-order chi connectivity index (χ1) is 14.0. The van der Waals surface area contributed by atoms with Gasteiger partial charge in [-0.25, -0.2) is 4.79 Å². The van der Waals surface area contributed by atoms with Crippen molar-refractivity contribution in [1.82, 2.24) is 4.90 Å². The molecule has 6 nitrogen and oxygen atoms in total. The molecule has 0 radical (unpaired) electrons. The van der Waals surface area contributed by atoms with Gasteiger partial charge in [0.2, 0.25) is 5.76 Å². The van der Waals surface area contributed by atoms with Crippen molar-refractivity contribution < 1.29 is 18.7 Å². The second-order valence-electron chi connectivity index (χ2n) is 6.98. The van der Waals surface area contributed by atoms with Crippen molar-refractivity contribution in [2.75, 3.05) is 37.7 Å². The van der Waals surface area contributed by atoms with Gasteiger partial charge in [0, 0.05) is 47.8 Å². The molecule has 1 aromatic heterocycles. The number of fused-ring (bicyclic) bond motifs is 1. The quantitative estimate of drug-likeness (QED) is 0.608. The van der Waals surface area contributed by atoms with Crippen LogP contribution in [-0.2, 0) is 9.53 Å². The van der Waals surface area contributed by atoms with Crippen LogP contribution >= 0.6 is 11.6 Å². The van der Waals surface area contributed by atoms with Crippen LogP contribution in [0.25, 0.3) is 11.0 Å². The van der Waals surface area contributed by atoms with Crippen LogP contribution in [0.5, 0.6) is 0 Å². The normalized spacial score (nSPS) is 14.3. The monoisotopic (exact) mass is 412 g/mol. The summed E-state index contributed by atoms with van der Waals surface area (Å²) in [6.45, 7) is 4.13. The van der Waals surface area contributed by atoms with Crippen molar-refractivity contribution in [3.05, 3.63) is 64.9 Å². The number of hydrogen-bond acceptors (Lipinski definition) is 5. The van der Waals surface area contributed by atoms with Crippen LogP contribution in [-0.4, -0.2) is 49.6 Å². The first kappa shape index (κ1) is 19.3. The van der Waals surface area contributed by atoms with E-state index in [4.69, 9.17) is 20.8 Å². The van der Waals surface area contributed by atoms with Crippen molar-refractivity contribution in [3.8, 4) is 0 Å². The molecule has 1 fully saturated rings. The second-order valence-corrected chi connectivity index (χ2v) is 7.41. The van der Waals surface area contributed by atoms with E-state index >= 15 is 0 Å². The Labute approximate surface area is 173 Å². The molecule has 3 aromatic rings. The third-order valence-corrected chi connectivity index (χ3v) is 5.40. The highest BCUT2D eigenvalue weighted by Crippen LogP contribution is 2.28. The number of piperazine rings is 1. The number of ether oxygens (including phenoxy) is 1. The van der Waals surface area contributed by atoms with Gasteiger partial charge >= 0.3 is 5.97 Å². The van der Waals surface area contributed by atoms with Gasteiger partial charge in [0.25, 0.3) is 5.91 Å². The number of halogens is 1. The molecule has 0 saturated carbocycles. The third-order valence-electron chi connectivity index (χ3n) is 5.16. The third kappa shape index (κ3) is 4.07. The predicted molar refractivity (Wildman–Crippen MR) is 111 cm³/mol. The fraction of sp³-hybridized carbons (Fsp3) is 0.273. The minimum absolute atomic E-state index is 0.101. The molecular formula is C22H21ClN2O4. The SMILES string of the molecule is Cc1c(C(=O)OCC(=O)N2CCN(c3ccccc3)CC2)oc2ccc(Cl)cc12. The highest BCUT2D eigenvalue weighted by atomic mass is 35.5. The summed E-state index contributed by atoms with van der Waals surface area (Å²) in [6.07, 6.45) is 0. The number of hydrogen-bond donors (Lipinski definition) is 0. The number of furan rings is 1. The van der Waals surface area contributed by atoms with Gasteiger partial charge in [-0.05, 0) is 37.3 Å². The number of aryl methyl sites for hydroxylation is 1. The van der Waals surface area contributed by atoms with E-state index in [1.807, 2.05) is 18.2 Å². The Morgan fingerprint density at radius 3 is 2.52 bits per heavy atom. The molecule has 29 heavy (non-hydrogen) atoms. The topological polar surface area (TPSA) is 63.0 Å². The van der Waals surface area contributed by atoms with E-state index in [1.165, 1.54) is 0 Å². The van der Waals surface area contributed by atoms with Crippen LogP contribution in [0, 0.1) is 6.92 Å². The number of carbonyl (C=O) groups is 2. The van der Waals surface area contributed by atoms with Gasteiger partial charge in [-0.3, -0.25) is 4.79 Å². The van der Waals surface area contributed by atoms with Crippen molar-refractivity contribution in [1.29, 1.82) is 0 Å². The Bertz CT molecular complexity index is 1040. The van der Waals surface area contributed by atoms with Gasteiger partial charge < -0.3 is 19.0 Å². The smallest absolute Gasteiger partial charge is 0.375 e. The second kappa shape index (κ2) is 8.17. The standard InChI is InChI=1S/C22H21ClN2O4/c1-15-18-13-16(23)7-8-19(18)29-21(15)22(27)28-14-20(26)25-11-9-24(10-12-25)17-5-3-2-4-6-17/h2-8,13H,9-12,14H2,1H3. The fourth-order valence-electron chi connectivity index (χ4n) is 3.52. The van der Waals surface area contributed by atoms with Crippen molar-refractivity contribution in [3.63, 3.8) is 0 Å². The Morgan fingerprint density at radius 2 is 1.79 bits per heavy atom. The van der Waals surface area contributed by atoms with Gasteiger partial charge in [-0.2, -0.15) is 0 Å². The average molecular weight is 413 g/mol. The first-order valence-electron chi connectivity index (χ1n) is 9.46. The minimum atomic E-state index is -0.647. The lowest BCUT2D eigenvalue weighted by atomic mass is 10.1. The van der Waals surface area contributed by atoms with Gasteiger partial charge in [-0.1, -0.05) is 29.8 Å². The lowest BCUT2D eigenvalue weighted by molar-refractivity contribution is -0.134. The summed E-state index contributed by atoms with van der Waals surface area (Å²) in [5.74, 6) is -0.752. The van der Waals surface area contributed by atoms with Crippen LogP contribution in [0.2, 0.25) is 5.02 Å². The molecule has 1 aliphatic heterocycles. The Kier molecular flexibility index (Phi) is 5.45. The van der Waals surface area contributed by atoms with Crippen LogP contribution < -0.4 is 4.90 Å². The summed E-state index contributed by atoms with van der Waals surface area (Å²) in [5.41, 5.74) is 2.35. The molecule has 7 heteroatoms. The first-order valence-corrected chi connectivity index (χ1v) is 9.84. The molecule has 0 atom stereocenters. The average Bonchev–Trinajstić information content (AvgIpc) is 3.08. The molecular weight excluding hydrogens is 392 g/mol. The number of benzene rings is 2. The molecule has 4 rings (SSSR count). The highest BCUT2D eigenvalue weighted by Gasteiger charge is 2.24. The summed E-state index contributed by atoms with van der Waals surface area (Å²) in [4.78, 5) is 28.8. The number of carbonyl (C=O) groups excluding carboxylic acids is 2. The molecule has 1 amide bonds. The maximum Gasteiger partial charge on any atom is 0.375 e. The molecule has 1 saturated heterocycles. The maximum atomic E-state index is 12.5. The Hall–Kier alpha value is -2.99. The van der Waals surface area contributed by atoms with E-state index in [0.717, 1.165) is 24.2 Å². The molecule has 150 valence electrons. The summed E-state index contributed by atoms with van der Waals surface area (Å²) < 4.78 is 10.8. The van der Waals surface area contributed by atoms with E-state index < -0.39 is 5.97 Å². The van der Waals surface area contributed by atoms with E-state index in [9.17, 15) is 9.59 Å². The zero-order chi connectivity index (χ0) is 20.4. The number of para-hydroxylation sites is 1. The van der Waals surface area contributed by atoms with Crippen LogP contribution in [0.3, 0.4) is 0 Å². The summed E-state index contributed by atoms with van der Waals surface area (Å²) in [7, 11) is 0. The molecule has 2 aromatic carbocycles. The molecule has 1 aliphatic rings. The van der Waals surface area contributed by atoms with E-state index in [0.29, 0.717) is 29.3 Å². The number of amides is 1. The Morgan fingerprint density at radius 1 is 1.07 bits per heavy atom. The largest absolute Gasteiger partial charge is 0.450 e. The molecule has 0 bridgehead atoms.